The molecule has 1 aromatic heterocycles. The maximum absolute atomic E-state index is 5.45. The Bertz CT molecular complexity index is 587. The summed E-state index contributed by atoms with van der Waals surface area (Å²) in [6, 6.07) is 5.91. The zero-order valence-corrected chi connectivity index (χ0v) is 12.2. The number of aryl methyl sites for hydroxylation is 1. The summed E-state index contributed by atoms with van der Waals surface area (Å²) < 4.78 is 10.7. The van der Waals surface area contributed by atoms with E-state index in [9.17, 15) is 0 Å². The molecule has 0 saturated heterocycles. The molecule has 1 heterocycles. The maximum Gasteiger partial charge on any atom is 0.237 e. The summed E-state index contributed by atoms with van der Waals surface area (Å²) in [6.45, 7) is 2.05. The van der Waals surface area contributed by atoms with Gasteiger partial charge in [0.2, 0.25) is 5.88 Å². The van der Waals surface area contributed by atoms with Crippen LogP contribution < -0.4 is 14.8 Å². The maximum atomic E-state index is 5.45. The van der Waals surface area contributed by atoms with Crippen LogP contribution in [0.25, 0.3) is 0 Å². The molecule has 0 radical (unpaired) electrons. The first-order valence-electron chi connectivity index (χ1n) is 6.38. The lowest BCUT2D eigenvalue weighted by Crippen LogP contribution is -2.21. The van der Waals surface area contributed by atoms with Gasteiger partial charge in [-0.25, -0.2) is 4.98 Å². The van der Waals surface area contributed by atoms with Crippen molar-refractivity contribution in [3.05, 3.63) is 47.4 Å². The highest BCUT2D eigenvalue weighted by Gasteiger charge is 2.22. The van der Waals surface area contributed by atoms with Gasteiger partial charge in [0.05, 0.1) is 20.3 Å². The van der Waals surface area contributed by atoms with Crippen molar-refractivity contribution in [1.82, 2.24) is 15.3 Å². The Morgan fingerprint density at radius 2 is 1.85 bits per heavy atom. The fourth-order valence-corrected chi connectivity index (χ4v) is 2.21. The second-order valence-corrected chi connectivity index (χ2v) is 4.42. The fourth-order valence-electron chi connectivity index (χ4n) is 2.21. The summed E-state index contributed by atoms with van der Waals surface area (Å²) in [5, 5.41) is 3.25. The van der Waals surface area contributed by atoms with Gasteiger partial charge in [0.1, 0.15) is 11.4 Å². The number of ether oxygens (including phenoxy) is 2. The topological polar surface area (TPSA) is 56.3 Å². The zero-order chi connectivity index (χ0) is 14.5. The Morgan fingerprint density at radius 3 is 2.50 bits per heavy atom. The molecule has 0 bridgehead atoms. The van der Waals surface area contributed by atoms with Crippen LogP contribution in [0.15, 0.2) is 30.6 Å². The van der Waals surface area contributed by atoms with E-state index in [0.29, 0.717) is 5.88 Å². The molecule has 0 amide bonds. The smallest absolute Gasteiger partial charge is 0.237 e. The number of nitrogens with one attached hydrogen (secondary N) is 1. The molecule has 1 unspecified atom stereocenters. The predicted octanol–water partition coefficient (Wildman–Crippen LogP) is 2.11. The summed E-state index contributed by atoms with van der Waals surface area (Å²) in [4.78, 5) is 8.60. The van der Waals surface area contributed by atoms with Crippen LogP contribution in [0.3, 0.4) is 0 Å². The predicted molar refractivity (Wildman–Crippen MR) is 77.2 cm³/mol. The average Bonchev–Trinajstić information content (AvgIpc) is 2.49. The quantitative estimate of drug-likeness (QED) is 0.904. The molecule has 0 aliphatic heterocycles. The molecule has 5 heteroatoms. The van der Waals surface area contributed by atoms with Crippen LogP contribution in [0.2, 0.25) is 0 Å². The minimum Gasteiger partial charge on any atom is -0.496 e. The fraction of sp³-hybridized carbons (Fsp3) is 0.333. The molecule has 1 aromatic carbocycles. The van der Waals surface area contributed by atoms with Crippen molar-refractivity contribution in [2.75, 3.05) is 21.3 Å². The molecule has 0 fully saturated rings. The molecular weight excluding hydrogens is 254 g/mol. The van der Waals surface area contributed by atoms with Crippen LogP contribution in [-0.2, 0) is 0 Å². The van der Waals surface area contributed by atoms with E-state index in [0.717, 1.165) is 22.6 Å². The largest absolute Gasteiger partial charge is 0.496 e. The Hall–Kier alpha value is -2.14. The van der Waals surface area contributed by atoms with E-state index in [1.807, 2.05) is 26.1 Å². The first-order chi connectivity index (χ1) is 9.71. The van der Waals surface area contributed by atoms with Gasteiger partial charge in [-0.15, -0.1) is 0 Å². The van der Waals surface area contributed by atoms with Gasteiger partial charge in [-0.2, -0.15) is 0 Å². The summed E-state index contributed by atoms with van der Waals surface area (Å²) in [5.74, 6) is 1.32. The lowest BCUT2D eigenvalue weighted by molar-refractivity contribution is 0.380. The highest BCUT2D eigenvalue weighted by Crippen LogP contribution is 2.32. The van der Waals surface area contributed by atoms with Gasteiger partial charge in [0, 0.05) is 18.0 Å². The van der Waals surface area contributed by atoms with E-state index in [1.54, 1.807) is 26.6 Å². The van der Waals surface area contributed by atoms with Crippen LogP contribution in [0.4, 0.5) is 0 Å². The van der Waals surface area contributed by atoms with Crippen molar-refractivity contribution in [3.63, 3.8) is 0 Å². The minimum absolute atomic E-state index is 0.145. The number of methoxy groups -OCH3 is 2. The monoisotopic (exact) mass is 273 g/mol. The van der Waals surface area contributed by atoms with Crippen LogP contribution in [-0.4, -0.2) is 31.2 Å². The van der Waals surface area contributed by atoms with E-state index in [1.165, 1.54) is 0 Å². The number of hydrogen-bond donors (Lipinski definition) is 1. The molecule has 0 aliphatic carbocycles. The number of hydrogen-bond acceptors (Lipinski definition) is 5. The molecule has 5 nitrogen and oxygen atoms in total. The molecule has 1 N–H and O–H groups in total. The van der Waals surface area contributed by atoms with Crippen LogP contribution in [0.5, 0.6) is 11.6 Å². The number of rotatable bonds is 5. The lowest BCUT2D eigenvalue weighted by Gasteiger charge is -2.20. The third-order valence-electron chi connectivity index (χ3n) is 3.14. The molecule has 2 rings (SSSR count). The van der Waals surface area contributed by atoms with Crippen molar-refractivity contribution in [1.29, 1.82) is 0 Å². The number of aromatic nitrogens is 2. The normalized spacial score (nSPS) is 12.0. The van der Waals surface area contributed by atoms with Crippen LogP contribution in [0.1, 0.15) is 22.9 Å². The molecule has 1 atom stereocenters. The van der Waals surface area contributed by atoms with Crippen molar-refractivity contribution in [2.45, 2.75) is 13.0 Å². The van der Waals surface area contributed by atoms with Gasteiger partial charge in [0.15, 0.2) is 0 Å². The van der Waals surface area contributed by atoms with Crippen LogP contribution in [0, 0.1) is 6.92 Å². The number of nitrogens with zero attached hydrogens (tertiary/aromatic N) is 2. The van der Waals surface area contributed by atoms with Gasteiger partial charge < -0.3 is 14.8 Å². The van der Waals surface area contributed by atoms with Crippen molar-refractivity contribution >= 4 is 0 Å². The minimum atomic E-state index is -0.145. The van der Waals surface area contributed by atoms with E-state index >= 15 is 0 Å². The molecule has 0 saturated carbocycles. The molecule has 2 aromatic rings. The van der Waals surface area contributed by atoms with E-state index < -0.39 is 0 Å². The Balaban J connectivity index is 2.55. The lowest BCUT2D eigenvalue weighted by atomic mass is 10.0. The SMILES string of the molecule is CNC(c1cc(C)ccc1OC)c1nccnc1OC. The van der Waals surface area contributed by atoms with E-state index in [-0.39, 0.29) is 6.04 Å². The molecule has 20 heavy (non-hydrogen) atoms. The van der Waals surface area contributed by atoms with Gasteiger partial charge in [-0.05, 0) is 20.0 Å². The first-order valence-corrected chi connectivity index (χ1v) is 6.38. The summed E-state index contributed by atoms with van der Waals surface area (Å²) in [7, 11) is 5.13. The van der Waals surface area contributed by atoms with Gasteiger partial charge in [-0.3, -0.25) is 4.98 Å². The second-order valence-electron chi connectivity index (χ2n) is 4.42. The summed E-state index contributed by atoms with van der Waals surface area (Å²) >= 11 is 0. The third kappa shape index (κ3) is 2.72. The van der Waals surface area contributed by atoms with Gasteiger partial charge >= 0.3 is 0 Å². The highest BCUT2D eigenvalue weighted by atomic mass is 16.5. The highest BCUT2D eigenvalue weighted by molar-refractivity contribution is 5.44. The Labute approximate surface area is 119 Å². The Morgan fingerprint density at radius 1 is 1.10 bits per heavy atom. The molecule has 106 valence electrons. The third-order valence-corrected chi connectivity index (χ3v) is 3.14. The van der Waals surface area contributed by atoms with Gasteiger partial charge in [0.25, 0.3) is 0 Å². The summed E-state index contributed by atoms with van der Waals surface area (Å²) in [5.41, 5.74) is 2.90. The standard InChI is InChI=1S/C15H19N3O2/c1-10-5-6-12(19-3)11(9-10)13(16-2)14-15(20-4)18-8-7-17-14/h5-9,13,16H,1-4H3. The van der Waals surface area contributed by atoms with E-state index in [2.05, 4.69) is 21.4 Å². The first kappa shape index (κ1) is 14.3. The Kier molecular flexibility index (Phi) is 4.53. The van der Waals surface area contributed by atoms with Gasteiger partial charge in [-0.1, -0.05) is 17.7 Å². The molecule has 0 aliphatic rings. The second kappa shape index (κ2) is 6.34. The zero-order valence-electron chi connectivity index (χ0n) is 12.2. The van der Waals surface area contributed by atoms with Crippen molar-refractivity contribution < 1.29 is 9.47 Å². The average molecular weight is 273 g/mol. The van der Waals surface area contributed by atoms with Crippen molar-refractivity contribution in [2.24, 2.45) is 0 Å². The molecule has 0 spiro atoms. The number of benzene rings is 1. The van der Waals surface area contributed by atoms with E-state index in [4.69, 9.17) is 9.47 Å². The summed E-state index contributed by atoms with van der Waals surface area (Å²) in [6.07, 6.45) is 3.27. The van der Waals surface area contributed by atoms with Crippen LogP contribution >= 0.6 is 0 Å². The molecular formula is C15H19N3O2. The van der Waals surface area contributed by atoms with Crippen molar-refractivity contribution in [3.8, 4) is 11.6 Å².